The molecule has 3 unspecified atom stereocenters. The molecule has 3 atom stereocenters. The summed E-state index contributed by atoms with van der Waals surface area (Å²) in [5.74, 6) is -0.0420. The second-order valence-electron chi connectivity index (χ2n) is 13.2. The first-order valence-corrected chi connectivity index (χ1v) is 15.1. The zero-order chi connectivity index (χ0) is 30.0. The lowest BCUT2D eigenvalue weighted by molar-refractivity contribution is -0.146. The highest BCUT2D eigenvalue weighted by Gasteiger charge is 2.39. The predicted octanol–water partition coefficient (Wildman–Crippen LogP) is 6.47. The number of nitrogens with one attached hydrogen (secondary N) is 2. The van der Waals surface area contributed by atoms with E-state index in [4.69, 9.17) is 4.74 Å². The molecule has 0 heterocycles. The quantitative estimate of drug-likeness (QED) is 0.272. The van der Waals surface area contributed by atoms with Gasteiger partial charge in [0.05, 0.1) is 0 Å². The van der Waals surface area contributed by atoms with Gasteiger partial charge in [0.1, 0.15) is 23.4 Å². The first-order valence-electron chi connectivity index (χ1n) is 15.1. The number of alkyl carbamates (subject to hydrolysis) is 1. The Morgan fingerprint density at radius 1 is 1.00 bits per heavy atom. The Labute approximate surface area is 241 Å². The predicted molar refractivity (Wildman–Crippen MR) is 159 cm³/mol. The van der Waals surface area contributed by atoms with Crippen molar-refractivity contribution in [2.24, 2.45) is 11.8 Å². The molecule has 3 amide bonds. The summed E-state index contributed by atoms with van der Waals surface area (Å²) >= 11 is 0. The Bertz CT molecular complexity index is 966. The summed E-state index contributed by atoms with van der Waals surface area (Å²) in [6.45, 7) is 15.5. The van der Waals surface area contributed by atoms with Crippen LogP contribution in [0, 0.1) is 11.8 Å². The van der Waals surface area contributed by atoms with Crippen LogP contribution >= 0.6 is 0 Å². The van der Waals surface area contributed by atoms with Gasteiger partial charge in [0.2, 0.25) is 11.8 Å². The van der Waals surface area contributed by atoms with E-state index in [0.29, 0.717) is 24.3 Å². The molecule has 1 aliphatic rings. The summed E-state index contributed by atoms with van der Waals surface area (Å²) in [7, 11) is 0. The summed E-state index contributed by atoms with van der Waals surface area (Å²) in [6.07, 6.45) is 6.39. The fourth-order valence-corrected chi connectivity index (χ4v) is 5.30. The van der Waals surface area contributed by atoms with Crippen molar-refractivity contribution in [3.63, 3.8) is 0 Å². The van der Waals surface area contributed by atoms with Crippen molar-refractivity contribution in [1.82, 2.24) is 15.5 Å². The topological polar surface area (TPSA) is 108 Å². The van der Waals surface area contributed by atoms with Crippen LogP contribution in [0.2, 0.25) is 0 Å². The Hall–Kier alpha value is -2.77. The van der Waals surface area contributed by atoms with Gasteiger partial charge in [-0.1, -0.05) is 59.1 Å². The molecule has 2 rings (SSSR count). The first-order chi connectivity index (χ1) is 18.7. The van der Waals surface area contributed by atoms with Crippen LogP contribution in [0.3, 0.4) is 0 Å². The highest BCUT2D eigenvalue weighted by Crippen LogP contribution is 2.31. The number of hydrogen-bond acceptors (Lipinski definition) is 5. The van der Waals surface area contributed by atoms with E-state index in [1.165, 1.54) is 0 Å². The molecule has 0 bridgehead atoms. The minimum Gasteiger partial charge on any atom is -0.508 e. The van der Waals surface area contributed by atoms with Crippen molar-refractivity contribution in [1.29, 1.82) is 0 Å². The average molecular weight is 560 g/mol. The number of hydrogen-bond donors (Lipinski definition) is 3. The van der Waals surface area contributed by atoms with Crippen LogP contribution in [0.25, 0.3) is 0 Å². The van der Waals surface area contributed by atoms with E-state index in [1.807, 2.05) is 20.8 Å². The van der Waals surface area contributed by atoms with Crippen LogP contribution in [0.1, 0.15) is 118 Å². The van der Waals surface area contributed by atoms with Crippen molar-refractivity contribution >= 4 is 17.9 Å². The van der Waals surface area contributed by atoms with Crippen LogP contribution < -0.4 is 10.6 Å². The molecular formula is C32H53N3O5. The lowest BCUT2D eigenvalue weighted by atomic mass is 9.93. The molecule has 226 valence electrons. The largest absolute Gasteiger partial charge is 0.508 e. The number of ether oxygens (including phenoxy) is 1. The van der Waals surface area contributed by atoms with Gasteiger partial charge in [0.25, 0.3) is 0 Å². The van der Waals surface area contributed by atoms with E-state index >= 15 is 0 Å². The zero-order valence-corrected chi connectivity index (χ0v) is 26.0. The lowest BCUT2D eigenvalue weighted by Crippen LogP contribution is -2.56. The van der Waals surface area contributed by atoms with Crippen molar-refractivity contribution in [2.75, 3.05) is 0 Å². The average Bonchev–Trinajstić information content (AvgIpc) is 2.84. The van der Waals surface area contributed by atoms with E-state index in [2.05, 4.69) is 24.5 Å². The van der Waals surface area contributed by atoms with Crippen molar-refractivity contribution in [3.8, 4) is 5.75 Å². The molecule has 1 aliphatic carbocycles. The maximum atomic E-state index is 14.5. The highest BCUT2D eigenvalue weighted by atomic mass is 16.6. The van der Waals surface area contributed by atoms with Crippen LogP contribution in [0.4, 0.5) is 4.79 Å². The molecule has 8 nitrogen and oxygen atoms in total. The van der Waals surface area contributed by atoms with Gasteiger partial charge in [0, 0.05) is 12.1 Å². The number of carbonyl (C=O) groups excluding carboxylic acids is 3. The highest BCUT2D eigenvalue weighted by molar-refractivity contribution is 5.92. The number of carbonyl (C=O) groups is 3. The van der Waals surface area contributed by atoms with Gasteiger partial charge in [-0.15, -0.1) is 0 Å². The Balaban J connectivity index is 2.55. The number of amides is 3. The molecule has 3 N–H and O–H groups in total. The third-order valence-corrected chi connectivity index (χ3v) is 7.25. The van der Waals surface area contributed by atoms with Crippen molar-refractivity contribution in [2.45, 2.75) is 137 Å². The van der Waals surface area contributed by atoms with Gasteiger partial charge in [0.15, 0.2) is 0 Å². The fraction of sp³-hybridized carbons (Fsp3) is 0.719. The van der Waals surface area contributed by atoms with Gasteiger partial charge in [-0.3, -0.25) is 9.59 Å². The molecule has 1 saturated carbocycles. The number of aromatic hydroxyl groups is 1. The normalized spacial score (nSPS) is 16.8. The third-order valence-electron chi connectivity index (χ3n) is 7.25. The molecular weight excluding hydrogens is 506 g/mol. The lowest BCUT2D eigenvalue weighted by Gasteiger charge is -2.40. The van der Waals surface area contributed by atoms with E-state index in [0.717, 1.165) is 38.5 Å². The van der Waals surface area contributed by atoms with Crippen LogP contribution in [-0.2, 0) is 14.3 Å². The smallest absolute Gasteiger partial charge is 0.408 e. The van der Waals surface area contributed by atoms with Gasteiger partial charge < -0.3 is 25.4 Å². The molecule has 1 aromatic rings. The maximum absolute atomic E-state index is 14.5. The van der Waals surface area contributed by atoms with E-state index < -0.39 is 23.8 Å². The summed E-state index contributed by atoms with van der Waals surface area (Å²) in [6, 6.07) is 4.50. The summed E-state index contributed by atoms with van der Waals surface area (Å²) < 4.78 is 5.49. The number of rotatable bonds is 12. The summed E-state index contributed by atoms with van der Waals surface area (Å²) in [4.78, 5) is 43.0. The van der Waals surface area contributed by atoms with Gasteiger partial charge >= 0.3 is 6.09 Å². The SMILES string of the molecule is CC(C)CCC(C)N(C(=O)C(CC(C)C)NC(=O)OC(C)(C)C)C(C(=O)NC1CCCCC1)c1cccc(O)c1. The molecule has 1 aromatic carbocycles. The van der Waals surface area contributed by atoms with Crippen molar-refractivity contribution in [3.05, 3.63) is 29.8 Å². The minimum atomic E-state index is -0.959. The molecule has 0 radical (unpaired) electrons. The molecule has 0 aromatic heterocycles. The second kappa shape index (κ2) is 15.3. The van der Waals surface area contributed by atoms with Gasteiger partial charge in [-0.05, 0) is 89.3 Å². The van der Waals surface area contributed by atoms with Crippen LogP contribution in [-0.4, -0.2) is 51.6 Å². The van der Waals surface area contributed by atoms with Gasteiger partial charge in [-0.2, -0.15) is 0 Å². The monoisotopic (exact) mass is 559 g/mol. The van der Waals surface area contributed by atoms with E-state index in [-0.39, 0.29) is 35.6 Å². The van der Waals surface area contributed by atoms with E-state index in [9.17, 15) is 19.5 Å². The molecule has 1 fully saturated rings. The number of phenols is 1. The number of nitrogens with zero attached hydrogens (tertiary/aromatic N) is 1. The molecule has 0 spiro atoms. The molecule has 0 aliphatic heterocycles. The van der Waals surface area contributed by atoms with Gasteiger partial charge in [-0.25, -0.2) is 4.79 Å². The molecule has 8 heteroatoms. The first kappa shape index (κ1) is 33.4. The Morgan fingerprint density at radius 2 is 1.65 bits per heavy atom. The molecule has 40 heavy (non-hydrogen) atoms. The van der Waals surface area contributed by atoms with Crippen LogP contribution in [0.5, 0.6) is 5.75 Å². The maximum Gasteiger partial charge on any atom is 0.408 e. The Kier molecular flexibility index (Phi) is 12.8. The summed E-state index contributed by atoms with van der Waals surface area (Å²) in [5, 5.41) is 16.4. The zero-order valence-electron chi connectivity index (χ0n) is 26.0. The summed E-state index contributed by atoms with van der Waals surface area (Å²) in [5.41, 5.74) is -0.178. The minimum absolute atomic E-state index is 0.0285. The molecule has 0 saturated heterocycles. The fourth-order valence-electron chi connectivity index (χ4n) is 5.30. The number of phenolic OH excluding ortho intramolecular Hbond substituents is 1. The Morgan fingerprint density at radius 3 is 2.20 bits per heavy atom. The van der Waals surface area contributed by atoms with E-state index in [1.54, 1.807) is 49.9 Å². The standard InChI is InChI=1S/C32H53N3O5/c1-21(2)17-18-23(5)35(30(38)27(19-22(3)4)34-31(39)40-32(6,7)8)28(24-13-12-16-26(36)20-24)29(37)33-25-14-10-9-11-15-25/h12-13,16,20-23,25,27-28,36H,9-11,14-15,17-19H2,1-8H3,(H,33,37)(H,34,39). The van der Waals surface area contributed by atoms with Crippen molar-refractivity contribution < 1.29 is 24.2 Å². The number of benzene rings is 1. The third kappa shape index (κ3) is 11.0. The van der Waals surface area contributed by atoms with Crippen LogP contribution in [0.15, 0.2) is 24.3 Å². The second-order valence-corrected chi connectivity index (χ2v) is 13.2.